The second-order valence-electron chi connectivity index (χ2n) is 5.61. The van der Waals surface area contributed by atoms with Crippen LogP contribution in [0.4, 0.5) is 0 Å². The van der Waals surface area contributed by atoms with Gasteiger partial charge in [0.1, 0.15) is 4.34 Å². The first-order chi connectivity index (χ1) is 12.0. The lowest BCUT2D eigenvalue weighted by atomic mass is 10.1. The van der Waals surface area contributed by atoms with Crippen molar-refractivity contribution < 1.29 is 14.3 Å². The Morgan fingerprint density at radius 3 is 2.76 bits per heavy atom. The van der Waals surface area contributed by atoms with Gasteiger partial charge < -0.3 is 9.64 Å². The second-order valence-corrected chi connectivity index (χ2v) is 7.69. The third-order valence-electron chi connectivity index (χ3n) is 3.65. The van der Waals surface area contributed by atoms with Gasteiger partial charge in [-0.3, -0.25) is 9.59 Å². The van der Waals surface area contributed by atoms with Crippen LogP contribution in [0, 0.1) is 6.92 Å². The maximum atomic E-state index is 12.7. The average molecular weight is 379 g/mol. The number of aromatic nitrogens is 1. The van der Waals surface area contributed by atoms with Gasteiger partial charge in [0.25, 0.3) is 5.91 Å². The lowest BCUT2D eigenvalue weighted by Crippen LogP contribution is -2.29. The van der Waals surface area contributed by atoms with Crippen LogP contribution in [0.1, 0.15) is 34.5 Å². The van der Waals surface area contributed by atoms with Crippen molar-refractivity contribution in [1.82, 2.24) is 9.88 Å². The van der Waals surface area contributed by atoms with E-state index in [1.807, 2.05) is 36.6 Å². The van der Waals surface area contributed by atoms with Crippen LogP contribution in [-0.2, 0) is 15.3 Å². The van der Waals surface area contributed by atoms with Crippen molar-refractivity contribution >= 4 is 35.0 Å². The minimum atomic E-state index is -0.253. The van der Waals surface area contributed by atoms with Gasteiger partial charge in [-0.2, -0.15) is 0 Å². The topological polar surface area (TPSA) is 59.5 Å². The Bertz CT molecular complexity index is 731. The molecule has 1 aromatic carbocycles. The minimum Gasteiger partial charge on any atom is -0.469 e. The first-order valence-electron chi connectivity index (χ1n) is 7.96. The van der Waals surface area contributed by atoms with Gasteiger partial charge in [-0.15, -0.1) is 11.3 Å². The number of rotatable bonds is 8. The molecule has 5 nitrogen and oxygen atoms in total. The summed E-state index contributed by atoms with van der Waals surface area (Å²) in [6.07, 6.45) is 0.902. The zero-order valence-corrected chi connectivity index (χ0v) is 16.3. The van der Waals surface area contributed by atoms with Crippen molar-refractivity contribution in [2.45, 2.75) is 29.9 Å². The van der Waals surface area contributed by atoms with E-state index >= 15 is 0 Å². The highest BCUT2D eigenvalue weighted by Gasteiger charge is 2.16. The molecule has 0 N–H and O–H groups in total. The molecule has 134 valence electrons. The van der Waals surface area contributed by atoms with Gasteiger partial charge in [0.15, 0.2) is 0 Å². The molecule has 0 atom stereocenters. The van der Waals surface area contributed by atoms with Gasteiger partial charge in [-0.1, -0.05) is 30.0 Å². The van der Waals surface area contributed by atoms with Crippen LogP contribution >= 0.6 is 23.1 Å². The Labute approximate surface area is 156 Å². The van der Waals surface area contributed by atoms with Crippen LogP contribution in [0.15, 0.2) is 34.0 Å². The van der Waals surface area contributed by atoms with Crippen molar-refractivity contribution in [2.75, 3.05) is 20.7 Å². The highest BCUT2D eigenvalue weighted by Crippen LogP contribution is 2.27. The fourth-order valence-corrected chi connectivity index (χ4v) is 4.12. The van der Waals surface area contributed by atoms with Crippen molar-refractivity contribution in [3.8, 4) is 0 Å². The van der Waals surface area contributed by atoms with Gasteiger partial charge >= 0.3 is 5.97 Å². The van der Waals surface area contributed by atoms with Crippen molar-refractivity contribution in [3.05, 3.63) is 46.5 Å². The minimum absolute atomic E-state index is 0.0311. The number of thioether (sulfide) groups is 1. The van der Waals surface area contributed by atoms with Crippen LogP contribution in [0.25, 0.3) is 0 Å². The normalized spacial score (nSPS) is 10.5. The molecule has 1 aromatic heterocycles. The van der Waals surface area contributed by atoms with Crippen molar-refractivity contribution in [2.24, 2.45) is 0 Å². The van der Waals surface area contributed by atoms with Crippen LogP contribution < -0.4 is 0 Å². The van der Waals surface area contributed by atoms with Gasteiger partial charge in [0.2, 0.25) is 0 Å². The van der Waals surface area contributed by atoms with E-state index < -0.39 is 0 Å². The molecule has 0 saturated carbocycles. The third-order valence-corrected chi connectivity index (χ3v) is 5.83. The SMILES string of the molecule is COC(=O)CCCN(C)C(=O)c1ccccc1CSc1nc(C)cs1. The lowest BCUT2D eigenvalue weighted by Gasteiger charge is -2.18. The molecule has 0 unspecified atom stereocenters. The fourth-order valence-electron chi connectivity index (χ4n) is 2.26. The zero-order valence-electron chi connectivity index (χ0n) is 14.7. The first-order valence-corrected chi connectivity index (χ1v) is 9.83. The summed E-state index contributed by atoms with van der Waals surface area (Å²) < 4.78 is 5.63. The number of carbonyl (C=O) groups excluding carboxylic acids is 2. The molecule has 0 aliphatic carbocycles. The summed E-state index contributed by atoms with van der Waals surface area (Å²) in [7, 11) is 3.13. The van der Waals surface area contributed by atoms with E-state index in [1.54, 1.807) is 35.0 Å². The van der Waals surface area contributed by atoms with E-state index in [1.165, 1.54) is 7.11 Å². The third kappa shape index (κ3) is 5.86. The molecule has 1 heterocycles. The summed E-state index contributed by atoms with van der Waals surface area (Å²) in [6, 6.07) is 7.64. The molecule has 2 aromatic rings. The zero-order chi connectivity index (χ0) is 18.2. The number of hydrogen-bond donors (Lipinski definition) is 0. The molecule has 0 spiro atoms. The number of amides is 1. The summed E-state index contributed by atoms with van der Waals surface area (Å²) in [4.78, 5) is 30.0. The molecule has 7 heteroatoms. The van der Waals surface area contributed by atoms with Gasteiger partial charge in [-0.25, -0.2) is 4.98 Å². The lowest BCUT2D eigenvalue weighted by molar-refractivity contribution is -0.140. The molecule has 0 fully saturated rings. The van der Waals surface area contributed by atoms with Gasteiger partial charge in [-0.05, 0) is 25.0 Å². The van der Waals surface area contributed by atoms with E-state index in [0.717, 1.165) is 15.6 Å². The molecular formula is C18H22N2O3S2. The van der Waals surface area contributed by atoms with Gasteiger partial charge in [0.05, 0.1) is 7.11 Å². The molecule has 0 aliphatic heterocycles. The standard InChI is InChI=1S/C18H22N2O3S2/c1-13-11-24-18(19-13)25-12-14-7-4-5-8-15(14)17(22)20(2)10-6-9-16(21)23-3/h4-5,7-8,11H,6,9-10,12H2,1-3H3. The highest BCUT2D eigenvalue weighted by molar-refractivity contribution is 8.00. The molecule has 0 bridgehead atoms. The molecule has 25 heavy (non-hydrogen) atoms. The number of benzene rings is 1. The van der Waals surface area contributed by atoms with Crippen molar-refractivity contribution in [3.63, 3.8) is 0 Å². The Kier molecular flexibility index (Phi) is 7.46. The van der Waals surface area contributed by atoms with Gasteiger partial charge in [0, 0.05) is 42.4 Å². The molecule has 0 aliphatic rings. The van der Waals surface area contributed by atoms with Crippen LogP contribution in [0.3, 0.4) is 0 Å². The molecular weight excluding hydrogens is 356 g/mol. The number of carbonyl (C=O) groups is 2. The second kappa shape index (κ2) is 9.58. The Morgan fingerprint density at radius 2 is 2.08 bits per heavy atom. The van der Waals surface area contributed by atoms with E-state index in [-0.39, 0.29) is 11.9 Å². The summed E-state index contributed by atoms with van der Waals surface area (Å²) >= 11 is 3.26. The Morgan fingerprint density at radius 1 is 1.32 bits per heavy atom. The number of hydrogen-bond acceptors (Lipinski definition) is 6. The maximum absolute atomic E-state index is 12.7. The van der Waals surface area contributed by atoms with Crippen LogP contribution in [0.5, 0.6) is 0 Å². The number of esters is 1. The monoisotopic (exact) mass is 378 g/mol. The predicted octanol–water partition coefficient (Wildman–Crippen LogP) is 3.77. The number of nitrogens with zero attached hydrogens (tertiary/aromatic N) is 2. The molecule has 0 saturated heterocycles. The number of thiazole rings is 1. The quantitative estimate of drug-likeness (QED) is 0.517. The summed E-state index contributed by atoms with van der Waals surface area (Å²) in [5, 5.41) is 2.02. The van der Waals surface area contributed by atoms with Crippen LogP contribution in [-0.4, -0.2) is 42.5 Å². The average Bonchev–Trinajstić information content (AvgIpc) is 3.04. The smallest absolute Gasteiger partial charge is 0.305 e. The molecule has 1 amide bonds. The Balaban J connectivity index is 1.97. The van der Waals surface area contributed by atoms with E-state index in [9.17, 15) is 9.59 Å². The maximum Gasteiger partial charge on any atom is 0.305 e. The first kappa shape index (κ1) is 19.5. The Hall–Kier alpha value is -1.86. The van der Waals surface area contributed by atoms with Crippen LogP contribution in [0.2, 0.25) is 0 Å². The van der Waals surface area contributed by atoms with E-state index in [0.29, 0.717) is 30.7 Å². The number of aryl methyl sites for hydroxylation is 1. The summed E-state index contributed by atoms with van der Waals surface area (Å²) in [6.45, 7) is 2.49. The molecule has 2 rings (SSSR count). The predicted molar refractivity (Wildman–Crippen MR) is 101 cm³/mol. The molecule has 0 radical (unpaired) electrons. The van der Waals surface area contributed by atoms with Crippen molar-refractivity contribution in [1.29, 1.82) is 0 Å². The largest absolute Gasteiger partial charge is 0.469 e. The van der Waals surface area contributed by atoms with E-state index in [2.05, 4.69) is 9.72 Å². The van der Waals surface area contributed by atoms with E-state index in [4.69, 9.17) is 0 Å². The summed E-state index contributed by atoms with van der Waals surface area (Å²) in [5.41, 5.74) is 2.70. The summed E-state index contributed by atoms with van der Waals surface area (Å²) in [5.74, 6) is 0.415. The number of ether oxygens (including phenoxy) is 1. The fraction of sp³-hybridized carbons (Fsp3) is 0.389. The highest BCUT2D eigenvalue weighted by atomic mass is 32.2. The number of methoxy groups -OCH3 is 1.